The lowest BCUT2D eigenvalue weighted by molar-refractivity contribution is 0.145. The van der Waals surface area contributed by atoms with Gasteiger partial charge in [-0.2, -0.15) is 0 Å². The minimum Gasteiger partial charge on any atom is -0.497 e. The zero-order valence-electron chi connectivity index (χ0n) is 12.1. The number of methoxy groups -OCH3 is 1. The van der Waals surface area contributed by atoms with Crippen LogP contribution in [0.4, 0.5) is 10.5 Å². The topological polar surface area (TPSA) is 67.6 Å². The molecule has 5 nitrogen and oxygen atoms in total. The molecule has 1 aromatic carbocycles. The van der Waals surface area contributed by atoms with Crippen molar-refractivity contribution in [2.75, 3.05) is 25.5 Å². The number of hydrogen-bond donors (Lipinski definition) is 2. The number of piperidine rings is 1. The van der Waals surface area contributed by atoms with Gasteiger partial charge in [0, 0.05) is 30.9 Å². The van der Waals surface area contributed by atoms with Crippen LogP contribution in [-0.4, -0.2) is 37.2 Å². The quantitative estimate of drug-likeness (QED) is 0.890. The summed E-state index contributed by atoms with van der Waals surface area (Å²) in [4.78, 5) is 14.2. The maximum atomic E-state index is 12.4. The van der Waals surface area contributed by atoms with Gasteiger partial charge in [0.05, 0.1) is 7.11 Å². The van der Waals surface area contributed by atoms with Crippen molar-refractivity contribution in [3.05, 3.63) is 24.3 Å². The number of likely N-dealkylation sites (tertiary alicyclic amines) is 1. The van der Waals surface area contributed by atoms with Crippen LogP contribution in [0.3, 0.4) is 0 Å². The lowest BCUT2D eigenvalue weighted by Crippen LogP contribution is -2.50. The summed E-state index contributed by atoms with van der Waals surface area (Å²) in [5.41, 5.74) is 6.53. The number of carbonyl (C=O) groups excluding carboxylic acids is 1. The van der Waals surface area contributed by atoms with Gasteiger partial charge in [-0.3, -0.25) is 0 Å². The van der Waals surface area contributed by atoms with Gasteiger partial charge in [0.25, 0.3) is 0 Å². The number of ether oxygens (including phenoxy) is 1. The highest BCUT2D eigenvalue weighted by atomic mass is 16.5. The van der Waals surface area contributed by atoms with Crippen LogP contribution in [0, 0.1) is 5.92 Å². The number of anilines is 1. The number of rotatable bonds is 3. The monoisotopic (exact) mass is 277 g/mol. The Hall–Kier alpha value is -1.75. The van der Waals surface area contributed by atoms with Crippen molar-refractivity contribution in [2.45, 2.75) is 25.8 Å². The van der Waals surface area contributed by atoms with E-state index >= 15 is 0 Å². The fourth-order valence-corrected chi connectivity index (χ4v) is 2.64. The number of amides is 2. The molecule has 2 unspecified atom stereocenters. The third-order valence-corrected chi connectivity index (χ3v) is 3.83. The molecule has 110 valence electrons. The normalized spacial score (nSPS) is 22.4. The zero-order chi connectivity index (χ0) is 14.5. The maximum absolute atomic E-state index is 12.4. The second-order valence-corrected chi connectivity index (χ2v) is 5.37. The first-order valence-electron chi connectivity index (χ1n) is 7.05. The molecule has 5 heteroatoms. The summed E-state index contributed by atoms with van der Waals surface area (Å²) in [6.45, 7) is 3.48. The van der Waals surface area contributed by atoms with E-state index in [1.54, 1.807) is 7.11 Å². The first kappa shape index (κ1) is 14.7. The van der Waals surface area contributed by atoms with Crippen LogP contribution in [-0.2, 0) is 0 Å². The van der Waals surface area contributed by atoms with Crippen molar-refractivity contribution in [1.82, 2.24) is 4.90 Å². The van der Waals surface area contributed by atoms with Crippen molar-refractivity contribution < 1.29 is 9.53 Å². The highest BCUT2D eigenvalue weighted by Gasteiger charge is 2.28. The number of nitrogens with two attached hydrogens (primary N) is 1. The number of nitrogens with zero attached hydrogens (tertiary/aromatic N) is 1. The predicted molar refractivity (Wildman–Crippen MR) is 80.0 cm³/mol. The zero-order valence-corrected chi connectivity index (χ0v) is 12.1. The summed E-state index contributed by atoms with van der Waals surface area (Å²) >= 11 is 0. The molecular formula is C15H23N3O2. The molecule has 20 heavy (non-hydrogen) atoms. The van der Waals surface area contributed by atoms with Crippen molar-refractivity contribution >= 4 is 11.7 Å². The molecule has 2 rings (SSSR count). The minimum atomic E-state index is -0.0828. The average molecular weight is 277 g/mol. The van der Waals surface area contributed by atoms with Crippen LogP contribution >= 0.6 is 0 Å². The van der Waals surface area contributed by atoms with Crippen LogP contribution < -0.4 is 15.8 Å². The summed E-state index contributed by atoms with van der Waals surface area (Å²) in [7, 11) is 1.61. The molecule has 1 aliphatic rings. The summed E-state index contributed by atoms with van der Waals surface area (Å²) in [5.74, 6) is 1.36. The third-order valence-electron chi connectivity index (χ3n) is 3.83. The van der Waals surface area contributed by atoms with E-state index in [0.29, 0.717) is 12.5 Å². The fourth-order valence-electron chi connectivity index (χ4n) is 2.64. The Balaban J connectivity index is 2.03. The molecule has 0 saturated carbocycles. The molecule has 0 spiro atoms. The van der Waals surface area contributed by atoms with Gasteiger partial charge in [-0.25, -0.2) is 4.79 Å². The Bertz CT molecular complexity index is 464. The van der Waals surface area contributed by atoms with E-state index in [4.69, 9.17) is 10.5 Å². The molecule has 2 amide bonds. The number of nitrogens with one attached hydrogen (secondary N) is 1. The van der Waals surface area contributed by atoms with E-state index in [2.05, 4.69) is 12.2 Å². The second kappa shape index (κ2) is 6.61. The van der Waals surface area contributed by atoms with E-state index in [9.17, 15) is 4.79 Å². The molecule has 0 radical (unpaired) electrons. The number of benzene rings is 1. The molecule has 1 heterocycles. The van der Waals surface area contributed by atoms with E-state index in [-0.39, 0.29) is 12.1 Å². The first-order chi connectivity index (χ1) is 9.63. The van der Waals surface area contributed by atoms with Gasteiger partial charge < -0.3 is 20.7 Å². The molecule has 1 fully saturated rings. The standard InChI is InChI=1S/C15H23N3O2/c1-11-6-7-18(13(8-11)10-16)15(19)17-12-4-3-5-14(9-12)20-2/h3-5,9,11,13H,6-8,10,16H2,1-2H3,(H,17,19). The molecule has 0 aliphatic carbocycles. The molecular weight excluding hydrogens is 254 g/mol. The van der Waals surface area contributed by atoms with E-state index in [0.717, 1.165) is 30.8 Å². The highest BCUT2D eigenvalue weighted by Crippen LogP contribution is 2.23. The molecule has 1 aromatic rings. The van der Waals surface area contributed by atoms with Crippen LogP contribution in [0.25, 0.3) is 0 Å². The van der Waals surface area contributed by atoms with Gasteiger partial charge >= 0.3 is 6.03 Å². The predicted octanol–water partition coefficient (Wildman–Crippen LogP) is 2.29. The molecule has 0 bridgehead atoms. The van der Waals surface area contributed by atoms with E-state index in [1.165, 1.54) is 0 Å². The molecule has 1 aliphatic heterocycles. The first-order valence-corrected chi connectivity index (χ1v) is 7.05. The van der Waals surface area contributed by atoms with Gasteiger partial charge in [0.1, 0.15) is 5.75 Å². The number of urea groups is 1. The lowest BCUT2D eigenvalue weighted by Gasteiger charge is -2.37. The Morgan fingerprint density at radius 3 is 3.05 bits per heavy atom. The minimum absolute atomic E-state index is 0.0828. The highest BCUT2D eigenvalue weighted by molar-refractivity contribution is 5.89. The largest absolute Gasteiger partial charge is 0.497 e. The van der Waals surface area contributed by atoms with Gasteiger partial charge in [0.2, 0.25) is 0 Å². The maximum Gasteiger partial charge on any atom is 0.322 e. The fraction of sp³-hybridized carbons (Fsp3) is 0.533. The molecule has 1 saturated heterocycles. The van der Waals surface area contributed by atoms with Gasteiger partial charge in [-0.05, 0) is 30.9 Å². The Labute approximate surface area is 120 Å². The van der Waals surface area contributed by atoms with Gasteiger partial charge in [-0.1, -0.05) is 13.0 Å². The summed E-state index contributed by atoms with van der Waals surface area (Å²) in [5, 5.41) is 2.92. The van der Waals surface area contributed by atoms with Crippen molar-refractivity contribution in [1.29, 1.82) is 0 Å². The number of hydrogen-bond acceptors (Lipinski definition) is 3. The van der Waals surface area contributed by atoms with Crippen LogP contribution in [0.2, 0.25) is 0 Å². The van der Waals surface area contributed by atoms with E-state index < -0.39 is 0 Å². The number of carbonyl (C=O) groups is 1. The molecule has 2 atom stereocenters. The van der Waals surface area contributed by atoms with Gasteiger partial charge in [-0.15, -0.1) is 0 Å². The lowest BCUT2D eigenvalue weighted by atomic mass is 9.93. The summed E-state index contributed by atoms with van der Waals surface area (Å²) in [6, 6.07) is 7.41. The SMILES string of the molecule is COc1cccc(NC(=O)N2CCC(C)CC2CN)c1. The third kappa shape index (κ3) is 3.42. The van der Waals surface area contributed by atoms with Crippen molar-refractivity contribution in [3.8, 4) is 5.75 Å². The van der Waals surface area contributed by atoms with Crippen LogP contribution in [0.5, 0.6) is 5.75 Å². The summed E-state index contributed by atoms with van der Waals surface area (Å²) in [6.07, 6.45) is 2.00. The molecule has 3 N–H and O–H groups in total. The Morgan fingerprint density at radius 2 is 2.35 bits per heavy atom. The second-order valence-electron chi connectivity index (χ2n) is 5.37. The Kier molecular flexibility index (Phi) is 4.84. The van der Waals surface area contributed by atoms with E-state index in [1.807, 2.05) is 29.2 Å². The van der Waals surface area contributed by atoms with Crippen LogP contribution in [0.1, 0.15) is 19.8 Å². The van der Waals surface area contributed by atoms with Crippen molar-refractivity contribution in [3.63, 3.8) is 0 Å². The smallest absolute Gasteiger partial charge is 0.322 e. The summed E-state index contributed by atoms with van der Waals surface area (Å²) < 4.78 is 5.15. The average Bonchev–Trinajstić information content (AvgIpc) is 2.47. The molecule has 0 aromatic heterocycles. The Morgan fingerprint density at radius 1 is 1.55 bits per heavy atom. The van der Waals surface area contributed by atoms with Crippen LogP contribution in [0.15, 0.2) is 24.3 Å². The van der Waals surface area contributed by atoms with Gasteiger partial charge in [0.15, 0.2) is 0 Å². The van der Waals surface area contributed by atoms with Crippen molar-refractivity contribution in [2.24, 2.45) is 11.7 Å².